The largest absolute Gasteiger partial charge is 0.372 e. The fourth-order valence-electron chi connectivity index (χ4n) is 3.14. The van der Waals surface area contributed by atoms with Crippen molar-refractivity contribution in [2.45, 2.75) is 57.5 Å². The van der Waals surface area contributed by atoms with Crippen LogP contribution in [0.1, 0.15) is 33.6 Å². The van der Waals surface area contributed by atoms with Crippen LogP contribution in [0.5, 0.6) is 0 Å². The van der Waals surface area contributed by atoms with Gasteiger partial charge in [-0.1, -0.05) is 0 Å². The maximum Gasteiger partial charge on any atom is 0.0898 e. The van der Waals surface area contributed by atoms with E-state index >= 15 is 0 Å². The van der Waals surface area contributed by atoms with E-state index in [2.05, 4.69) is 20.8 Å². The Balaban J connectivity index is 1.74. The van der Waals surface area contributed by atoms with Gasteiger partial charge in [0.2, 0.25) is 0 Å². The lowest BCUT2D eigenvalue weighted by Crippen LogP contribution is -2.33. The van der Waals surface area contributed by atoms with Crippen molar-refractivity contribution in [2.75, 3.05) is 0 Å². The summed E-state index contributed by atoms with van der Waals surface area (Å²) < 4.78 is 11.7. The molecular formula is C11H18O2. The molecule has 5 atom stereocenters. The Bertz CT molecular complexity index is 215. The lowest BCUT2D eigenvalue weighted by molar-refractivity contribution is -0.0961. The zero-order chi connectivity index (χ0) is 9.22. The third-order valence-electron chi connectivity index (χ3n) is 3.57. The van der Waals surface area contributed by atoms with Gasteiger partial charge in [0, 0.05) is 11.8 Å². The van der Waals surface area contributed by atoms with Crippen LogP contribution >= 0.6 is 0 Å². The lowest BCUT2D eigenvalue weighted by Gasteiger charge is -2.29. The minimum absolute atomic E-state index is 0.0162. The molecule has 74 valence electrons. The Morgan fingerprint density at radius 1 is 1.08 bits per heavy atom. The standard InChI is InChI=1S/C11H18O2/c1-11(2,3)13-8-6-4-5-7(8)10-9(6)12-10/h6-10H,4-5H2,1-3H3/t6-,7+,8?,9+,10-. The van der Waals surface area contributed by atoms with Crippen molar-refractivity contribution in [3.8, 4) is 0 Å². The number of fused-ring (bicyclic) bond motifs is 5. The summed E-state index contributed by atoms with van der Waals surface area (Å²) in [5.41, 5.74) is 0.0162. The molecule has 0 amide bonds. The van der Waals surface area contributed by atoms with Gasteiger partial charge < -0.3 is 9.47 Å². The van der Waals surface area contributed by atoms with Gasteiger partial charge in [-0.2, -0.15) is 0 Å². The summed E-state index contributed by atoms with van der Waals surface area (Å²) in [5.74, 6) is 1.43. The van der Waals surface area contributed by atoms with E-state index in [0.717, 1.165) is 0 Å². The lowest BCUT2D eigenvalue weighted by atomic mass is 10.0. The minimum atomic E-state index is 0.0162. The third-order valence-corrected chi connectivity index (χ3v) is 3.57. The van der Waals surface area contributed by atoms with Crippen molar-refractivity contribution in [3.63, 3.8) is 0 Å². The van der Waals surface area contributed by atoms with Crippen molar-refractivity contribution in [1.29, 1.82) is 0 Å². The van der Waals surface area contributed by atoms with Gasteiger partial charge in [-0.05, 0) is 33.6 Å². The maximum atomic E-state index is 6.11. The number of hydrogen-bond acceptors (Lipinski definition) is 2. The fraction of sp³-hybridized carbons (Fsp3) is 1.00. The summed E-state index contributed by atoms with van der Waals surface area (Å²) in [5, 5.41) is 0. The van der Waals surface area contributed by atoms with Gasteiger partial charge in [0.15, 0.2) is 0 Å². The zero-order valence-corrected chi connectivity index (χ0v) is 8.62. The van der Waals surface area contributed by atoms with E-state index in [0.29, 0.717) is 30.1 Å². The highest BCUT2D eigenvalue weighted by molar-refractivity contribution is 5.13. The average Bonchev–Trinajstić information content (AvgIpc) is 2.65. The Morgan fingerprint density at radius 3 is 2.08 bits per heavy atom. The Morgan fingerprint density at radius 2 is 1.62 bits per heavy atom. The number of ether oxygens (including phenoxy) is 2. The van der Waals surface area contributed by atoms with Crippen molar-refractivity contribution >= 4 is 0 Å². The Labute approximate surface area is 79.6 Å². The second-order valence-electron chi connectivity index (χ2n) is 5.67. The fourth-order valence-corrected chi connectivity index (χ4v) is 3.14. The van der Waals surface area contributed by atoms with Crippen molar-refractivity contribution < 1.29 is 9.47 Å². The van der Waals surface area contributed by atoms with E-state index in [1.54, 1.807) is 0 Å². The molecule has 2 heteroatoms. The highest BCUT2D eigenvalue weighted by Crippen LogP contribution is 2.57. The summed E-state index contributed by atoms with van der Waals surface area (Å²) in [6.45, 7) is 6.45. The van der Waals surface area contributed by atoms with Gasteiger partial charge in [-0.15, -0.1) is 0 Å². The molecule has 1 saturated heterocycles. The summed E-state index contributed by atoms with van der Waals surface area (Å²) in [6.07, 6.45) is 4.31. The van der Waals surface area contributed by atoms with Gasteiger partial charge in [-0.3, -0.25) is 0 Å². The Kier molecular flexibility index (Phi) is 1.45. The molecule has 3 fully saturated rings. The molecule has 2 bridgehead atoms. The first-order valence-electron chi connectivity index (χ1n) is 5.39. The van der Waals surface area contributed by atoms with Crippen molar-refractivity contribution in [3.05, 3.63) is 0 Å². The van der Waals surface area contributed by atoms with Gasteiger partial charge in [0.25, 0.3) is 0 Å². The van der Waals surface area contributed by atoms with Crippen molar-refractivity contribution in [1.82, 2.24) is 0 Å². The molecule has 2 aliphatic carbocycles. The first kappa shape index (κ1) is 8.25. The number of hydrogen-bond donors (Lipinski definition) is 0. The summed E-state index contributed by atoms with van der Waals surface area (Å²) >= 11 is 0. The van der Waals surface area contributed by atoms with Gasteiger partial charge in [0.05, 0.1) is 23.9 Å². The van der Waals surface area contributed by atoms with Gasteiger partial charge >= 0.3 is 0 Å². The van der Waals surface area contributed by atoms with Crippen molar-refractivity contribution in [2.24, 2.45) is 11.8 Å². The van der Waals surface area contributed by atoms with Crippen LogP contribution in [0.25, 0.3) is 0 Å². The second-order valence-corrected chi connectivity index (χ2v) is 5.67. The van der Waals surface area contributed by atoms with Crippen LogP contribution in [0.15, 0.2) is 0 Å². The van der Waals surface area contributed by atoms with E-state index in [-0.39, 0.29) is 5.60 Å². The normalized spacial score (nSPS) is 52.4. The highest BCUT2D eigenvalue weighted by Gasteiger charge is 2.65. The SMILES string of the molecule is CC(C)(C)OC1[C@H]2CC[C@@H]1[C@H]1O[C@H]12. The molecule has 13 heavy (non-hydrogen) atoms. The molecule has 2 nitrogen and oxygen atoms in total. The topological polar surface area (TPSA) is 21.8 Å². The molecule has 3 aliphatic rings. The number of rotatable bonds is 1. The van der Waals surface area contributed by atoms with E-state index in [4.69, 9.17) is 9.47 Å². The predicted molar refractivity (Wildman–Crippen MR) is 49.5 cm³/mol. The number of epoxide rings is 1. The van der Waals surface area contributed by atoms with Gasteiger partial charge in [-0.25, -0.2) is 0 Å². The molecule has 0 aromatic carbocycles. The molecular weight excluding hydrogens is 164 g/mol. The first-order valence-corrected chi connectivity index (χ1v) is 5.39. The third kappa shape index (κ3) is 1.15. The monoisotopic (exact) mass is 182 g/mol. The smallest absolute Gasteiger partial charge is 0.0898 e. The molecule has 1 heterocycles. The van der Waals surface area contributed by atoms with Crippen LogP contribution in [0.4, 0.5) is 0 Å². The van der Waals surface area contributed by atoms with Crippen LogP contribution < -0.4 is 0 Å². The summed E-state index contributed by atoms with van der Waals surface area (Å²) in [4.78, 5) is 0. The van der Waals surface area contributed by atoms with Crippen LogP contribution in [-0.4, -0.2) is 23.9 Å². The molecule has 0 radical (unpaired) electrons. The van der Waals surface area contributed by atoms with E-state index in [1.165, 1.54) is 12.8 Å². The average molecular weight is 182 g/mol. The molecule has 0 aromatic rings. The Hall–Kier alpha value is -0.0800. The molecule has 1 aliphatic heterocycles. The van der Waals surface area contributed by atoms with E-state index in [1.807, 2.05) is 0 Å². The zero-order valence-electron chi connectivity index (χ0n) is 8.62. The van der Waals surface area contributed by atoms with Crippen LogP contribution in [0.3, 0.4) is 0 Å². The van der Waals surface area contributed by atoms with Gasteiger partial charge in [0.1, 0.15) is 0 Å². The van der Waals surface area contributed by atoms with Crippen LogP contribution in [0.2, 0.25) is 0 Å². The minimum Gasteiger partial charge on any atom is -0.372 e. The molecule has 0 aromatic heterocycles. The van der Waals surface area contributed by atoms with Crippen LogP contribution in [0, 0.1) is 11.8 Å². The second kappa shape index (κ2) is 2.29. The van der Waals surface area contributed by atoms with E-state index in [9.17, 15) is 0 Å². The molecule has 0 spiro atoms. The highest BCUT2D eigenvalue weighted by atomic mass is 16.6. The maximum absolute atomic E-state index is 6.11. The molecule has 3 rings (SSSR count). The predicted octanol–water partition coefficient (Wildman–Crippen LogP) is 1.98. The summed E-state index contributed by atoms with van der Waals surface area (Å²) in [6, 6.07) is 0. The molecule has 2 saturated carbocycles. The molecule has 1 unspecified atom stereocenters. The first-order chi connectivity index (χ1) is 6.06. The van der Waals surface area contributed by atoms with Crippen LogP contribution in [-0.2, 0) is 9.47 Å². The molecule has 0 N–H and O–H groups in total. The van der Waals surface area contributed by atoms with E-state index < -0.39 is 0 Å². The quantitative estimate of drug-likeness (QED) is 0.578. The summed E-state index contributed by atoms with van der Waals surface area (Å²) in [7, 11) is 0.